The van der Waals surface area contributed by atoms with Crippen LogP contribution in [-0.2, 0) is 4.79 Å². The van der Waals surface area contributed by atoms with E-state index < -0.39 is 0 Å². The van der Waals surface area contributed by atoms with Gasteiger partial charge < -0.3 is 0 Å². The molecule has 108 valence electrons. The second kappa shape index (κ2) is 7.50. The monoisotopic (exact) mass is 338 g/mol. The van der Waals surface area contributed by atoms with Crippen LogP contribution in [0.15, 0.2) is 58.5 Å². The molecule has 6 heteroatoms. The Labute approximate surface area is 137 Å². The number of carbonyl (C=O) groups excluding carboxylic acids is 1. The van der Waals surface area contributed by atoms with Gasteiger partial charge in [0.1, 0.15) is 0 Å². The number of hydrogen-bond donors (Lipinski definition) is 1. The molecule has 0 heterocycles. The van der Waals surface area contributed by atoms with Gasteiger partial charge in [-0.15, -0.1) is 0 Å². The van der Waals surface area contributed by atoms with Crippen LogP contribution in [0.5, 0.6) is 0 Å². The molecule has 0 radical (unpaired) electrons. The number of Topliss-reactive ketones (excluding diaryl/α,β-unsaturated/α-hetero) is 1. The molecule has 0 aliphatic rings. The minimum absolute atomic E-state index is 0.139. The first-order chi connectivity index (χ1) is 10.1. The second-order valence-corrected chi connectivity index (χ2v) is 6.03. The summed E-state index contributed by atoms with van der Waals surface area (Å²) in [6.45, 7) is 1.46. The smallest absolute Gasteiger partial charge is 0.186 e. The molecule has 0 aliphatic carbocycles. The maximum absolute atomic E-state index is 11.7. The van der Waals surface area contributed by atoms with Crippen LogP contribution in [0.4, 0.5) is 5.69 Å². The lowest BCUT2D eigenvalue weighted by molar-refractivity contribution is -0.110. The summed E-state index contributed by atoms with van der Waals surface area (Å²) in [5, 5.41) is 5.61. The van der Waals surface area contributed by atoms with Crippen molar-refractivity contribution in [2.75, 3.05) is 5.43 Å². The number of benzene rings is 2. The van der Waals surface area contributed by atoms with Crippen LogP contribution in [0.2, 0.25) is 10.0 Å². The predicted octanol–water partition coefficient (Wildman–Crippen LogP) is 5.10. The lowest BCUT2D eigenvalue weighted by Gasteiger charge is -2.06. The Morgan fingerprint density at radius 1 is 1.14 bits per heavy atom. The van der Waals surface area contributed by atoms with E-state index in [0.717, 1.165) is 4.90 Å². The van der Waals surface area contributed by atoms with Gasteiger partial charge in [0.05, 0.1) is 10.7 Å². The van der Waals surface area contributed by atoms with Crippen LogP contribution in [0.25, 0.3) is 0 Å². The van der Waals surface area contributed by atoms with E-state index in [0.29, 0.717) is 20.8 Å². The lowest BCUT2D eigenvalue weighted by Crippen LogP contribution is -2.08. The number of ketones is 1. The molecule has 0 fully saturated rings. The fourth-order valence-corrected chi connectivity index (χ4v) is 2.70. The zero-order valence-electron chi connectivity index (χ0n) is 11.1. The highest BCUT2D eigenvalue weighted by molar-refractivity contribution is 8.15. The van der Waals surface area contributed by atoms with Crippen molar-refractivity contribution < 1.29 is 4.79 Å². The van der Waals surface area contributed by atoms with E-state index in [9.17, 15) is 4.79 Å². The average Bonchev–Trinajstić information content (AvgIpc) is 2.44. The van der Waals surface area contributed by atoms with Crippen molar-refractivity contribution in [3.05, 3.63) is 58.6 Å². The van der Waals surface area contributed by atoms with Crippen molar-refractivity contribution in [2.24, 2.45) is 5.10 Å². The van der Waals surface area contributed by atoms with Crippen LogP contribution in [0.3, 0.4) is 0 Å². The van der Waals surface area contributed by atoms with Crippen LogP contribution in [0, 0.1) is 0 Å². The van der Waals surface area contributed by atoms with Crippen LogP contribution in [-0.4, -0.2) is 10.8 Å². The molecule has 0 aliphatic heterocycles. The van der Waals surface area contributed by atoms with Crippen molar-refractivity contribution in [1.29, 1.82) is 0 Å². The maximum Gasteiger partial charge on any atom is 0.186 e. The fourth-order valence-electron chi connectivity index (χ4n) is 1.48. The van der Waals surface area contributed by atoms with Gasteiger partial charge in [-0.05, 0) is 30.3 Å². The number of nitrogens with one attached hydrogen (secondary N) is 1. The Morgan fingerprint density at radius 2 is 1.90 bits per heavy atom. The first-order valence-corrected chi connectivity index (χ1v) is 7.66. The molecule has 21 heavy (non-hydrogen) atoms. The molecule has 1 N–H and O–H groups in total. The number of anilines is 1. The normalized spacial score (nSPS) is 11.3. The summed E-state index contributed by atoms with van der Waals surface area (Å²) in [4.78, 5) is 12.5. The summed E-state index contributed by atoms with van der Waals surface area (Å²) >= 11 is 13.2. The van der Waals surface area contributed by atoms with E-state index in [2.05, 4.69) is 10.5 Å². The molecule has 0 saturated carbocycles. The van der Waals surface area contributed by atoms with Gasteiger partial charge in [0, 0.05) is 16.8 Å². The highest BCUT2D eigenvalue weighted by atomic mass is 35.5. The highest BCUT2D eigenvalue weighted by Gasteiger charge is 2.09. The molecule has 0 unspecified atom stereocenters. The third kappa shape index (κ3) is 4.77. The number of nitrogens with zero attached hydrogens (tertiary/aromatic N) is 1. The average molecular weight is 339 g/mol. The maximum atomic E-state index is 11.7. The van der Waals surface area contributed by atoms with E-state index in [1.807, 2.05) is 24.3 Å². The van der Waals surface area contributed by atoms with Gasteiger partial charge >= 0.3 is 0 Å². The van der Waals surface area contributed by atoms with E-state index in [-0.39, 0.29) is 5.78 Å². The number of thioether (sulfide) groups is 1. The summed E-state index contributed by atoms with van der Waals surface area (Å²) < 4.78 is 0. The number of hydrogen-bond acceptors (Lipinski definition) is 4. The first-order valence-electron chi connectivity index (χ1n) is 6.09. The van der Waals surface area contributed by atoms with Crippen LogP contribution < -0.4 is 5.43 Å². The molecule has 0 aromatic heterocycles. The summed E-state index contributed by atoms with van der Waals surface area (Å²) in [6, 6.07) is 14.4. The molecule has 0 spiro atoms. The van der Waals surface area contributed by atoms with Crippen molar-refractivity contribution in [2.45, 2.75) is 11.8 Å². The van der Waals surface area contributed by atoms with Gasteiger partial charge in [0.15, 0.2) is 10.8 Å². The predicted molar refractivity (Wildman–Crippen MR) is 90.5 cm³/mol. The highest BCUT2D eigenvalue weighted by Crippen LogP contribution is 2.25. The standard InChI is InChI=1S/C15H12Cl2N2OS/c1-10(20)15(21-12-6-4-5-11(16)9-12)19-18-14-8-3-2-7-13(14)17/h2-9,18H,1H3. The quantitative estimate of drug-likeness (QED) is 0.365. The van der Waals surface area contributed by atoms with Gasteiger partial charge in [-0.1, -0.05) is 53.2 Å². The zero-order valence-corrected chi connectivity index (χ0v) is 13.5. The van der Waals surface area contributed by atoms with Gasteiger partial charge in [-0.2, -0.15) is 5.10 Å². The Balaban J connectivity index is 2.17. The second-order valence-electron chi connectivity index (χ2n) is 4.12. The molecule has 2 aromatic carbocycles. The third-order valence-electron chi connectivity index (χ3n) is 2.46. The zero-order chi connectivity index (χ0) is 15.2. The number of rotatable bonds is 4. The molecule has 0 amide bonds. The molecule has 0 bridgehead atoms. The Hall–Kier alpha value is -1.49. The summed E-state index contributed by atoms with van der Waals surface area (Å²) in [5.74, 6) is -0.139. The molecule has 2 aromatic rings. The Kier molecular flexibility index (Phi) is 5.67. The van der Waals surface area contributed by atoms with Crippen molar-refractivity contribution in [3.8, 4) is 0 Å². The topological polar surface area (TPSA) is 41.5 Å². The molecule has 3 nitrogen and oxygen atoms in total. The van der Waals surface area contributed by atoms with Gasteiger partial charge in [-0.25, -0.2) is 0 Å². The van der Waals surface area contributed by atoms with E-state index in [1.54, 1.807) is 24.3 Å². The minimum atomic E-state index is -0.139. The van der Waals surface area contributed by atoms with Crippen LogP contribution >= 0.6 is 35.0 Å². The largest absolute Gasteiger partial charge is 0.292 e. The summed E-state index contributed by atoms with van der Waals surface area (Å²) in [6.07, 6.45) is 0. The molecular formula is C15H12Cl2N2OS. The van der Waals surface area contributed by atoms with Crippen LogP contribution in [0.1, 0.15) is 6.92 Å². The number of hydrazone groups is 1. The van der Waals surface area contributed by atoms with E-state index in [4.69, 9.17) is 23.2 Å². The number of halogens is 2. The molecule has 2 rings (SSSR count). The van der Waals surface area contributed by atoms with Gasteiger partial charge in [0.25, 0.3) is 0 Å². The van der Waals surface area contributed by atoms with E-state index >= 15 is 0 Å². The van der Waals surface area contributed by atoms with Crippen molar-refractivity contribution >= 4 is 51.5 Å². The van der Waals surface area contributed by atoms with Gasteiger partial charge in [-0.3, -0.25) is 10.2 Å². The molecule has 0 atom stereocenters. The first kappa shape index (κ1) is 15.9. The van der Waals surface area contributed by atoms with Crippen molar-refractivity contribution in [3.63, 3.8) is 0 Å². The Bertz CT molecular complexity index is 689. The number of para-hydroxylation sites is 1. The summed E-state index contributed by atoms with van der Waals surface area (Å²) in [5.41, 5.74) is 3.45. The Morgan fingerprint density at radius 3 is 2.57 bits per heavy atom. The van der Waals surface area contributed by atoms with Gasteiger partial charge in [0.2, 0.25) is 0 Å². The fraction of sp³-hybridized carbons (Fsp3) is 0.0667. The van der Waals surface area contributed by atoms with Crippen molar-refractivity contribution in [1.82, 2.24) is 0 Å². The third-order valence-corrected chi connectivity index (χ3v) is 4.09. The molecular weight excluding hydrogens is 327 g/mol. The summed E-state index contributed by atoms with van der Waals surface area (Å²) in [7, 11) is 0. The molecule has 0 saturated heterocycles. The SMILES string of the molecule is CC(=O)C(=NNc1ccccc1Cl)Sc1cccc(Cl)c1. The van der Waals surface area contributed by atoms with E-state index in [1.165, 1.54) is 18.7 Å². The minimum Gasteiger partial charge on any atom is -0.292 e. The lowest BCUT2D eigenvalue weighted by atomic mass is 10.3. The number of carbonyl (C=O) groups is 1.